The van der Waals surface area contributed by atoms with Gasteiger partial charge in [-0.2, -0.15) is 5.10 Å². The highest BCUT2D eigenvalue weighted by Gasteiger charge is 2.19. The Kier molecular flexibility index (Phi) is 5.22. The van der Waals surface area contributed by atoms with Crippen molar-refractivity contribution in [3.63, 3.8) is 0 Å². The van der Waals surface area contributed by atoms with Crippen molar-refractivity contribution in [3.05, 3.63) is 48.0 Å². The number of benzene rings is 1. The third-order valence-corrected chi connectivity index (χ3v) is 4.05. The summed E-state index contributed by atoms with van der Waals surface area (Å²) >= 11 is 0. The third-order valence-electron chi connectivity index (χ3n) is 4.05. The van der Waals surface area contributed by atoms with E-state index in [1.165, 1.54) is 12.1 Å². The molecule has 1 fully saturated rings. The number of aromatic nitrogens is 2. The second-order valence-electron chi connectivity index (χ2n) is 6.08. The predicted molar refractivity (Wildman–Crippen MR) is 87.0 cm³/mol. The van der Waals surface area contributed by atoms with Crippen LogP contribution in [0.25, 0.3) is 5.69 Å². The molecule has 24 heavy (non-hydrogen) atoms. The van der Waals surface area contributed by atoms with Crippen molar-refractivity contribution in [2.75, 3.05) is 19.6 Å². The number of carbonyl (C=O) groups is 1. The fraction of sp³-hybridized carbons (Fsp3) is 0.412. The summed E-state index contributed by atoms with van der Waals surface area (Å²) in [6.07, 6.45) is 4.79. The topological polar surface area (TPSA) is 70.4 Å². The molecule has 6 nitrogen and oxygen atoms in total. The summed E-state index contributed by atoms with van der Waals surface area (Å²) in [4.78, 5) is 14.0. The van der Waals surface area contributed by atoms with Gasteiger partial charge in [0.05, 0.1) is 24.5 Å². The largest absolute Gasteiger partial charge is 0.392 e. The molecule has 0 unspecified atom stereocenters. The van der Waals surface area contributed by atoms with Crippen LogP contribution in [-0.4, -0.2) is 51.4 Å². The Morgan fingerprint density at radius 3 is 3.12 bits per heavy atom. The van der Waals surface area contributed by atoms with E-state index in [9.17, 15) is 14.3 Å². The molecule has 1 aromatic heterocycles. The summed E-state index contributed by atoms with van der Waals surface area (Å²) in [7, 11) is 0. The molecule has 2 aromatic rings. The fourth-order valence-electron chi connectivity index (χ4n) is 2.85. The van der Waals surface area contributed by atoms with Crippen LogP contribution in [-0.2, 0) is 11.3 Å². The SMILES string of the molecule is O=C(CN1CCC[C@H](O)C1)NCc1cnn(-c2cccc(F)c2)c1. The van der Waals surface area contributed by atoms with Gasteiger partial charge in [-0.3, -0.25) is 9.69 Å². The zero-order valence-corrected chi connectivity index (χ0v) is 13.4. The van der Waals surface area contributed by atoms with E-state index in [4.69, 9.17) is 0 Å². The van der Waals surface area contributed by atoms with Gasteiger partial charge in [0.1, 0.15) is 5.82 Å². The normalized spacial score (nSPS) is 18.5. The van der Waals surface area contributed by atoms with Crippen LogP contribution in [0.15, 0.2) is 36.7 Å². The molecule has 2 N–H and O–H groups in total. The van der Waals surface area contributed by atoms with Crippen LogP contribution in [0.1, 0.15) is 18.4 Å². The van der Waals surface area contributed by atoms with E-state index < -0.39 is 0 Å². The molecule has 0 spiro atoms. The number of nitrogens with one attached hydrogen (secondary N) is 1. The number of piperidine rings is 1. The van der Waals surface area contributed by atoms with E-state index in [0.29, 0.717) is 18.8 Å². The van der Waals surface area contributed by atoms with Crippen molar-refractivity contribution < 1.29 is 14.3 Å². The number of hydrogen-bond donors (Lipinski definition) is 2. The van der Waals surface area contributed by atoms with Gasteiger partial charge in [0, 0.05) is 24.8 Å². The zero-order valence-electron chi connectivity index (χ0n) is 13.4. The molecule has 1 saturated heterocycles. The maximum Gasteiger partial charge on any atom is 0.234 e. The van der Waals surface area contributed by atoms with E-state index in [2.05, 4.69) is 10.4 Å². The second kappa shape index (κ2) is 7.55. The van der Waals surface area contributed by atoms with E-state index >= 15 is 0 Å². The number of amides is 1. The molecule has 7 heteroatoms. The van der Waals surface area contributed by atoms with Gasteiger partial charge in [0.25, 0.3) is 0 Å². The Hall–Kier alpha value is -2.25. The molecule has 0 bridgehead atoms. The monoisotopic (exact) mass is 332 g/mol. The lowest BCUT2D eigenvalue weighted by Gasteiger charge is -2.29. The molecule has 1 atom stereocenters. The molecule has 0 aliphatic carbocycles. The molecule has 0 saturated carbocycles. The lowest BCUT2D eigenvalue weighted by atomic mass is 10.1. The predicted octanol–water partition coefficient (Wildman–Crippen LogP) is 1.08. The van der Waals surface area contributed by atoms with Crippen LogP contribution in [0.4, 0.5) is 4.39 Å². The molecule has 1 amide bonds. The Balaban J connectivity index is 1.51. The molecule has 3 rings (SSSR count). The van der Waals surface area contributed by atoms with Gasteiger partial charge >= 0.3 is 0 Å². The van der Waals surface area contributed by atoms with E-state index in [1.54, 1.807) is 29.2 Å². The first-order valence-electron chi connectivity index (χ1n) is 8.07. The highest BCUT2D eigenvalue weighted by molar-refractivity contribution is 5.78. The third kappa shape index (κ3) is 4.39. The minimum atomic E-state index is -0.337. The van der Waals surface area contributed by atoms with Crippen LogP contribution in [0.2, 0.25) is 0 Å². The second-order valence-corrected chi connectivity index (χ2v) is 6.08. The zero-order chi connectivity index (χ0) is 16.9. The maximum absolute atomic E-state index is 13.2. The molecule has 128 valence electrons. The first-order chi connectivity index (χ1) is 11.6. The summed E-state index contributed by atoms with van der Waals surface area (Å²) in [5.41, 5.74) is 1.47. The van der Waals surface area contributed by atoms with E-state index in [-0.39, 0.29) is 24.4 Å². The summed E-state index contributed by atoms with van der Waals surface area (Å²) in [5.74, 6) is -0.399. The molecule has 0 radical (unpaired) electrons. The van der Waals surface area contributed by atoms with Crippen LogP contribution in [0.5, 0.6) is 0 Å². The summed E-state index contributed by atoms with van der Waals surface area (Å²) in [5, 5.41) is 16.7. The first-order valence-corrected chi connectivity index (χ1v) is 8.07. The van der Waals surface area contributed by atoms with Crippen LogP contribution >= 0.6 is 0 Å². The Bertz CT molecular complexity index is 703. The number of hydrogen-bond acceptors (Lipinski definition) is 4. The van der Waals surface area contributed by atoms with Gasteiger partial charge in [-0.1, -0.05) is 6.07 Å². The summed E-state index contributed by atoms with van der Waals surface area (Å²) < 4.78 is 14.8. The van der Waals surface area contributed by atoms with Gasteiger partial charge in [-0.05, 0) is 37.6 Å². The lowest BCUT2D eigenvalue weighted by molar-refractivity contribution is -0.123. The molecular formula is C17H21FN4O2. The van der Waals surface area contributed by atoms with Crippen molar-refractivity contribution >= 4 is 5.91 Å². The number of nitrogens with zero attached hydrogens (tertiary/aromatic N) is 3. The molecule has 1 aromatic carbocycles. The standard InChI is InChI=1S/C17H21FN4O2/c18-14-3-1-4-15(7-14)22-10-13(9-20-22)8-19-17(24)12-21-6-2-5-16(23)11-21/h1,3-4,7,9-10,16,23H,2,5-6,8,11-12H2,(H,19,24)/t16-/m0/s1. The highest BCUT2D eigenvalue weighted by Crippen LogP contribution is 2.11. The van der Waals surface area contributed by atoms with Crippen LogP contribution in [0, 0.1) is 5.82 Å². The first kappa shape index (κ1) is 16.6. The van der Waals surface area contributed by atoms with E-state index in [1.807, 2.05) is 4.90 Å². The number of aliphatic hydroxyl groups excluding tert-OH is 1. The Labute approximate surface area is 139 Å². The molecular weight excluding hydrogens is 311 g/mol. The van der Waals surface area contributed by atoms with Crippen molar-refractivity contribution in [3.8, 4) is 5.69 Å². The number of aliphatic hydroxyl groups is 1. The minimum Gasteiger partial charge on any atom is -0.392 e. The number of likely N-dealkylation sites (tertiary alicyclic amines) is 1. The van der Waals surface area contributed by atoms with Gasteiger partial charge in [0.2, 0.25) is 5.91 Å². The van der Waals surface area contributed by atoms with Crippen molar-refractivity contribution in [2.24, 2.45) is 0 Å². The minimum absolute atomic E-state index is 0.0809. The van der Waals surface area contributed by atoms with Gasteiger partial charge < -0.3 is 10.4 Å². The van der Waals surface area contributed by atoms with Crippen molar-refractivity contribution in [2.45, 2.75) is 25.5 Å². The molecule has 2 heterocycles. The smallest absolute Gasteiger partial charge is 0.234 e. The maximum atomic E-state index is 13.2. The van der Waals surface area contributed by atoms with E-state index in [0.717, 1.165) is 24.9 Å². The lowest BCUT2D eigenvalue weighted by Crippen LogP contribution is -2.44. The van der Waals surface area contributed by atoms with Gasteiger partial charge in [0.15, 0.2) is 0 Å². The van der Waals surface area contributed by atoms with Crippen LogP contribution in [0.3, 0.4) is 0 Å². The quantitative estimate of drug-likeness (QED) is 0.860. The van der Waals surface area contributed by atoms with Crippen LogP contribution < -0.4 is 5.32 Å². The number of β-amino-alcohol motifs (C(OH)–C–C–N with tert-alkyl or cyclic N) is 1. The Morgan fingerprint density at radius 1 is 1.46 bits per heavy atom. The molecule has 1 aliphatic rings. The van der Waals surface area contributed by atoms with Gasteiger partial charge in [-0.25, -0.2) is 9.07 Å². The fourth-order valence-corrected chi connectivity index (χ4v) is 2.85. The summed E-state index contributed by atoms with van der Waals surface area (Å²) in [6, 6.07) is 6.17. The Morgan fingerprint density at radius 2 is 2.33 bits per heavy atom. The molecule has 1 aliphatic heterocycles. The van der Waals surface area contributed by atoms with Gasteiger partial charge in [-0.15, -0.1) is 0 Å². The van der Waals surface area contributed by atoms with Crippen molar-refractivity contribution in [1.82, 2.24) is 20.0 Å². The summed E-state index contributed by atoms with van der Waals surface area (Å²) in [6.45, 7) is 2.03. The van der Waals surface area contributed by atoms with Crippen molar-refractivity contribution in [1.29, 1.82) is 0 Å². The number of rotatable bonds is 5. The number of carbonyl (C=O) groups excluding carboxylic acids is 1. The highest BCUT2D eigenvalue weighted by atomic mass is 19.1. The average molecular weight is 332 g/mol. The average Bonchev–Trinajstić information content (AvgIpc) is 3.02. The number of halogens is 1.